The van der Waals surface area contributed by atoms with Gasteiger partial charge in [0.1, 0.15) is 11.9 Å². The van der Waals surface area contributed by atoms with Crippen LogP contribution in [0, 0.1) is 5.82 Å². The normalized spacial score (nSPS) is 11.7. The smallest absolute Gasteiger partial charge is 0.247 e. The van der Waals surface area contributed by atoms with Crippen molar-refractivity contribution in [3.8, 4) is 0 Å². The maximum atomic E-state index is 14.4. The van der Waals surface area contributed by atoms with Crippen LogP contribution in [0.1, 0.15) is 29.7 Å². The molecular weight excluding hydrogens is 371 g/mol. The van der Waals surface area contributed by atoms with Crippen LogP contribution in [0.5, 0.6) is 0 Å². The van der Waals surface area contributed by atoms with Crippen molar-refractivity contribution in [2.45, 2.75) is 26.1 Å². The maximum absolute atomic E-state index is 14.4. The fourth-order valence-electron chi connectivity index (χ4n) is 2.76. The van der Waals surface area contributed by atoms with E-state index in [0.717, 1.165) is 11.1 Å². The average molecular weight is 393 g/mol. The van der Waals surface area contributed by atoms with E-state index in [1.165, 1.54) is 37.1 Å². The van der Waals surface area contributed by atoms with Gasteiger partial charge in [0.2, 0.25) is 11.8 Å². The third kappa shape index (κ3) is 5.05. The van der Waals surface area contributed by atoms with Gasteiger partial charge < -0.3 is 15.0 Å². The zero-order chi connectivity index (χ0) is 20.0. The molecule has 1 N–H and O–H groups in total. The second-order valence-electron chi connectivity index (χ2n) is 6.09. The van der Waals surface area contributed by atoms with Gasteiger partial charge in [-0.1, -0.05) is 41.9 Å². The molecule has 2 aromatic rings. The monoisotopic (exact) mass is 392 g/mol. The molecule has 0 spiro atoms. The summed E-state index contributed by atoms with van der Waals surface area (Å²) in [4.78, 5) is 25.9. The Morgan fingerprint density at radius 1 is 1.19 bits per heavy atom. The Balaban J connectivity index is 2.29. The lowest BCUT2D eigenvalue weighted by Crippen LogP contribution is -2.41. The SMILES string of the molecule is COCc1ccccc1CNC(=O)C(c1c(F)cccc1Cl)N(C)C(C)=O. The first kappa shape index (κ1) is 20.9. The van der Waals surface area contributed by atoms with E-state index in [1.54, 1.807) is 7.11 Å². The number of halogens is 2. The molecule has 0 aliphatic rings. The number of carbonyl (C=O) groups is 2. The maximum Gasteiger partial charge on any atom is 0.247 e. The van der Waals surface area contributed by atoms with Crippen LogP contribution < -0.4 is 5.32 Å². The molecule has 5 nitrogen and oxygen atoms in total. The number of hydrogen-bond donors (Lipinski definition) is 1. The number of nitrogens with zero attached hydrogens (tertiary/aromatic N) is 1. The molecule has 144 valence electrons. The van der Waals surface area contributed by atoms with Crippen molar-refractivity contribution in [2.75, 3.05) is 14.2 Å². The van der Waals surface area contributed by atoms with Gasteiger partial charge in [0.15, 0.2) is 0 Å². The van der Waals surface area contributed by atoms with E-state index in [0.29, 0.717) is 6.61 Å². The summed E-state index contributed by atoms with van der Waals surface area (Å²) in [5.74, 6) is -1.54. The summed E-state index contributed by atoms with van der Waals surface area (Å²) in [5, 5.41) is 2.86. The highest BCUT2D eigenvalue weighted by Gasteiger charge is 2.31. The van der Waals surface area contributed by atoms with Crippen LogP contribution >= 0.6 is 11.6 Å². The first-order chi connectivity index (χ1) is 12.9. The predicted molar refractivity (Wildman–Crippen MR) is 102 cm³/mol. The minimum absolute atomic E-state index is 0.0282. The standard InChI is InChI=1S/C20H22ClFN2O3/c1-13(25)24(2)19(18-16(21)9-6-10-17(18)22)20(26)23-11-14-7-4-5-8-15(14)12-27-3/h4-10,19H,11-12H2,1-3H3,(H,23,26). The highest BCUT2D eigenvalue weighted by molar-refractivity contribution is 6.31. The first-order valence-electron chi connectivity index (χ1n) is 8.37. The zero-order valence-electron chi connectivity index (χ0n) is 15.5. The van der Waals surface area contributed by atoms with Crippen LogP contribution in [0.15, 0.2) is 42.5 Å². The van der Waals surface area contributed by atoms with E-state index >= 15 is 0 Å². The van der Waals surface area contributed by atoms with Gasteiger partial charge in [-0.05, 0) is 23.3 Å². The van der Waals surface area contributed by atoms with E-state index in [2.05, 4.69) is 5.32 Å². The molecule has 0 radical (unpaired) electrons. The Morgan fingerprint density at radius 3 is 2.44 bits per heavy atom. The summed E-state index contributed by atoms with van der Waals surface area (Å²) in [6, 6.07) is 10.5. The number of rotatable bonds is 7. The number of hydrogen-bond acceptors (Lipinski definition) is 3. The second kappa shape index (κ2) is 9.48. The van der Waals surface area contributed by atoms with Crippen molar-refractivity contribution >= 4 is 23.4 Å². The summed E-state index contributed by atoms with van der Waals surface area (Å²) in [5.41, 5.74) is 1.77. The van der Waals surface area contributed by atoms with Gasteiger partial charge in [0.25, 0.3) is 0 Å². The number of benzene rings is 2. The van der Waals surface area contributed by atoms with Crippen molar-refractivity contribution < 1.29 is 18.7 Å². The molecular formula is C20H22ClFN2O3. The molecule has 1 unspecified atom stereocenters. The van der Waals surface area contributed by atoms with E-state index in [4.69, 9.17) is 16.3 Å². The van der Waals surface area contributed by atoms with Crippen LogP contribution in [0.3, 0.4) is 0 Å². The molecule has 0 aliphatic carbocycles. The molecule has 0 heterocycles. The van der Waals surface area contributed by atoms with E-state index in [-0.39, 0.29) is 23.0 Å². The molecule has 0 bridgehead atoms. The summed E-state index contributed by atoms with van der Waals surface area (Å²) in [6.45, 7) is 1.93. The molecule has 27 heavy (non-hydrogen) atoms. The van der Waals surface area contributed by atoms with E-state index in [9.17, 15) is 14.0 Å². The van der Waals surface area contributed by atoms with Crippen molar-refractivity contribution in [2.24, 2.45) is 0 Å². The Hall–Kier alpha value is -2.44. The number of methoxy groups -OCH3 is 1. The molecule has 0 aromatic heterocycles. The third-order valence-electron chi connectivity index (χ3n) is 4.28. The van der Waals surface area contributed by atoms with Gasteiger partial charge in [-0.25, -0.2) is 4.39 Å². The zero-order valence-corrected chi connectivity index (χ0v) is 16.2. The Bertz CT molecular complexity index is 808. The van der Waals surface area contributed by atoms with Gasteiger partial charge >= 0.3 is 0 Å². The van der Waals surface area contributed by atoms with E-state index in [1.807, 2.05) is 24.3 Å². The fourth-order valence-corrected chi connectivity index (χ4v) is 3.03. The van der Waals surface area contributed by atoms with Gasteiger partial charge in [0.05, 0.1) is 6.61 Å². The number of nitrogens with one attached hydrogen (secondary N) is 1. The number of amides is 2. The van der Waals surface area contributed by atoms with Crippen LogP contribution in [0.2, 0.25) is 5.02 Å². The minimum Gasteiger partial charge on any atom is -0.380 e. The summed E-state index contributed by atoms with van der Waals surface area (Å²) in [7, 11) is 3.03. The molecule has 2 rings (SSSR count). The number of likely N-dealkylation sites (N-methyl/N-ethyl adjacent to an activating group) is 1. The van der Waals surface area contributed by atoms with Crippen LogP contribution in [0.4, 0.5) is 4.39 Å². The molecule has 2 aromatic carbocycles. The largest absolute Gasteiger partial charge is 0.380 e. The van der Waals surface area contributed by atoms with E-state index < -0.39 is 17.8 Å². The van der Waals surface area contributed by atoms with Gasteiger partial charge in [-0.15, -0.1) is 0 Å². The molecule has 0 aliphatic heterocycles. The topological polar surface area (TPSA) is 58.6 Å². The first-order valence-corrected chi connectivity index (χ1v) is 8.75. The van der Waals surface area contributed by atoms with Crippen molar-refractivity contribution in [3.05, 3.63) is 70.0 Å². The van der Waals surface area contributed by atoms with Gasteiger partial charge in [0, 0.05) is 38.2 Å². The van der Waals surface area contributed by atoms with Crippen LogP contribution in [0.25, 0.3) is 0 Å². The lowest BCUT2D eigenvalue weighted by molar-refractivity contribution is -0.137. The Kier molecular flexibility index (Phi) is 7.33. The Labute approximate surface area is 163 Å². The third-order valence-corrected chi connectivity index (χ3v) is 4.61. The number of ether oxygens (including phenoxy) is 1. The Morgan fingerprint density at radius 2 is 1.85 bits per heavy atom. The second-order valence-corrected chi connectivity index (χ2v) is 6.49. The predicted octanol–water partition coefficient (Wildman–Crippen LogP) is 3.46. The van der Waals surface area contributed by atoms with Crippen molar-refractivity contribution in [1.82, 2.24) is 10.2 Å². The van der Waals surface area contributed by atoms with Crippen LogP contribution in [-0.4, -0.2) is 30.9 Å². The molecule has 0 saturated heterocycles. The lowest BCUT2D eigenvalue weighted by Gasteiger charge is -2.27. The molecule has 0 fully saturated rings. The van der Waals surface area contributed by atoms with Crippen LogP contribution in [-0.2, 0) is 27.5 Å². The lowest BCUT2D eigenvalue weighted by atomic mass is 10.0. The highest BCUT2D eigenvalue weighted by Crippen LogP contribution is 2.30. The van der Waals surface area contributed by atoms with Crippen molar-refractivity contribution in [3.63, 3.8) is 0 Å². The van der Waals surface area contributed by atoms with Crippen molar-refractivity contribution in [1.29, 1.82) is 0 Å². The number of carbonyl (C=O) groups excluding carboxylic acids is 2. The quantitative estimate of drug-likeness (QED) is 0.785. The minimum atomic E-state index is -1.18. The summed E-state index contributed by atoms with van der Waals surface area (Å²) >= 11 is 6.13. The molecule has 1 atom stereocenters. The summed E-state index contributed by atoms with van der Waals surface area (Å²) < 4.78 is 19.6. The average Bonchev–Trinajstić information content (AvgIpc) is 2.63. The molecule has 0 saturated carbocycles. The fraction of sp³-hybridized carbons (Fsp3) is 0.300. The molecule has 2 amide bonds. The van der Waals surface area contributed by atoms with Gasteiger partial charge in [-0.3, -0.25) is 9.59 Å². The van der Waals surface area contributed by atoms with Gasteiger partial charge in [-0.2, -0.15) is 0 Å². The molecule has 7 heteroatoms. The highest BCUT2D eigenvalue weighted by atomic mass is 35.5. The summed E-state index contributed by atoms with van der Waals surface area (Å²) in [6.07, 6.45) is 0.